The van der Waals surface area contributed by atoms with Crippen LogP contribution in [0, 0.1) is 11.3 Å². The second kappa shape index (κ2) is 7.49. The summed E-state index contributed by atoms with van der Waals surface area (Å²) >= 11 is 0. The van der Waals surface area contributed by atoms with Gasteiger partial charge in [0.2, 0.25) is 0 Å². The summed E-state index contributed by atoms with van der Waals surface area (Å²) < 4.78 is 2.00. The second-order valence-corrected chi connectivity index (χ2v) is 7.36. The van der Waals surface area contributed by atoms with Crippen molar-refractivity contribution in [2.75, 3.05) is 13.1 Å². The quantitative estimate of drug-likeness (QED) is 0.685. The van der Waals surface area contributed by atoms with Crippen LogP contribution < -0.4 is 0 Å². The zero-order valence-electron chi connectivity index (χ0n) is 15.9. The number of hydrogen-bond acceptors (Lipinski definition) is 4. The van der Waals surface area contributed by atoms with Gasteiger partial charge in [0.1, 0.15) is 5.75 Å². The predicted octanol–water partition coefficient (Wildman–Crippen LogP) is 4.06. The summed E-state index contributed by atoms with van der Waals surface area (Å²) in [6.07, 6.45) is 3.13. The topological polar surface area (TPSA) is 69.3 Å². The van der Waals surface area contributed by atoms with Gasteiger partial charge in [-0.05, 0) is 42.7 Å². The van der Waals surface area contributed by atoms with Gasteiger partial charge >= 0.3 is 0 Å². The number of nitrogens with zero attached hydrogens (tertiary/aromatic N) is 3. The van der Waals surface area contributed by atoms with Gasteiger partial charge in [0.25, 0.3) is 0 Å². The van der Waals surface area contributed by atoms with E-state index in [0.717, 1.165) is 35.0 Å². The number of Topliss-reactive ketones (excluding diaryl/α,β-unsaturated/α-hetero) is 1. The summed E-state index contributed by atoms with van der Waals surface area (Å²) in [6, 6.07) is 15.7. The maximum atomic E-state index is 13.2. The highest BCUT2D eigenvalue weighted by Crippen LogP contribution is 2.32. The Morgan fingerprint density at radius 2 is 2.11 bits per heavy atom. The lowest BCUT2D eigenvalue weighted by Gasteiger charge is -2.34. The van der Waals surface area contributed by atoms with E-state index < -0.39 is 0 Å². The lowest BCUT2D eigenvalue weighted by Crippen LogP contribution is -2.37. The largest absolute Gasteiger partial charge is 0.508 e. The summed E-state index contributed by atoms with van der Waals surface area (Å²) in [6.45, 7) is 3.84. The number of rotatable bonds is 5. The van der Waals surface area contributed by atoms with E-state index in [0.29, 0.717) is 25.3 Å². The first kappa shape index (κ1) is 18.3. The number of aromatic hydroxyl groups is 1. The van der Waals surface area contributed by atoms with Crippen molar-refractivity contribution < 1.29 is 9.90 Å². The molecule has 3 aromatic rings. The number of ketones is 1. The predicted molar refractivity (Wildman–Crippen MR) is 108 cm³/mol. The van der Waals surface area contributed by atoms with Gasteiger partial charge in [-0.2, -0.15) is 5.26 Å². The Labute approximate surface area is 164 Å². The lowest BCUT2D eigenvalue weighted by molar-refractivity contribution is 0.0891. The Hall–Kier alpha value is -3.10. The summed E-state index contributed by atoms with van der Waals surface area (Å²) in [5.41, 5.74) is 4.04. The molecule has 1 unspecified atom stereocenters. The summed E-state index contributed by atoms with van der Waals surface area (Å²) in [4.78, 5) is 15.4. The van der Waals surface area contributed by atoms with Crippen molar-refractivity contribution in [1.82, 2.24) is 9.47 Å². The molecule has 1 aromatic heterocycles. The van der Waals surface area contributed by atoms with Crippen LogP contribution >= 0.6 is 0 Å². The first-order valence-electron chi connectivity index (χ1n) is 9.62. The Bertz CT molecular complexity index is 1080. The van der Waals surface area contributed by atoms with E-state index in [9.17, 15) is 9.90 Å². The number of carbonyl (C=O) groups excluding carboxylic acids is 1. The average Bonchev–Trinajstić information content (AvgIpc) is 3.07. The SMILES string of the molecule is CC1c2ccc(O)cc2CCN1CC(=O)c1cn(CCC#N)c2ccccc12. The van der Waals surface area contributed by atoms with Crippen molar-refractivity contribution >= 4 is 16.7 Å². The van der Waals surface area contributed by atoms with Gasteiger partial charge in [-0.1, -0.05) is 24.3 Å². The molecule has 0 spiro atoms. The van der Waals surface area contributed by atoms with E-state index in [1.54, 1.807) is 6.07 Å². The fourth-order valence-electron chi connectivity index (χ4n) is 4.18. The van der Waals surface area contributed by atoms with E-state index in [1.165, 1.54) is 5.56 Å². The normalized spacial score (nSPS) is 16.6. The average molecular weight is 373 g/mol. The van der Waals surface area contributed by atoms with Crippen LogP contribution in [-0.4, -0.2) is 33.4 Å². The molecule has 0 fully saturated rings. The molecule has 4 rings (SSSR count). The molecular formula is C23H23N3O2. The van der Waals surface area contributed by atoms with E-state index in [-0.39, 0.29) is 11.8 Å². The third-order valence-electron chi connectivity index (χ3n) is 5.69. The van der Waals surface area contributed by atoms with Crippen molar-refractivity contribution in [3.8, 4) is 11.8 Å². The number of phenols is 1. The highest BCUT2D eigenvalue weighted by Gasteiger charge is 2.27. The molecule has 1 aliphatic rings. The minimum absolute atomic E-state index is 0.0981. The molecule has 0 aliphatic carbocycles. The van der Waals surface area contributed by atoms with Crippen LogP contribution in [0.5, 0.6) is 5.75 Å². The number of fused-ring (bicyclic) bond motifs is 2. The number of aryl methyl sites for hydroxylation is 1. The number of benzene rings is 2. The first-order valence-corrected chi connectivity index (χ1v) is 9.62. The zero-order chi connectivity index (χ0) is 19.7. The minimum Gasteiger partial charge on any atom is -0.508 e. The maximum absolute atomic E-state index is 13.2. The van der Waals surface area contributed by atoms with Crippen molar-refractivity contribution in [3.05, 3.63) is 65.4 Å². The lowest BCUT2D eigenvalue weighted by atomic mass is 9.93. The van der Waals surface area contributed by atoms with Gasteiger partial charge in [-0.15, -0.1) is 0 Å². The van der Waals surface area contributed by atoms with Gasteiger partial charge in [-0.3, -0.25) is 9.69 Å². The molecule has 1 aliphatic heterocycles. The van der Waals surface area contributed by atoms with Crippen molar-refractivity contribution in [3.63, 3.8) is 0 Å². The number of para-hydroxylation sites is 1. The summed E-state index contributed by atoms with van der Waals surface area (Å²) in [7, 11) is 0. The molecule has 2 aromatic carbocycles. The Kier molecular flexibility index (Phi) is 4.89. The molecule has 5 nitrogen and oxygen atoms in total. The molecule has 0 radical (unpaired) electrons. The van der Waals surface area contributed by atoms with Crippen LogP contribution in [0.1, 0.15) is 40.9 Å². The third kappa shape index (κ3) is 3.28. The minimum atomic E-state index is 0.0981. The monoisotopic (exact) mass is 373 g/mol. The van der Waals surface area contributed by atoms with Gasteiger partial charge in [0, 0.05) is 41.8 Å². The van der Waals surface area contributed by atoms with Gasteiger partial charge < -0.3 is 9.67 Å². The van der Waals surface area contributed by atoms with Crippen molar-refractivity contribution in [1.29, 1.82) is 5.26 Å². The molecule has 1 N–H and O–H groups in total. The Morgan fingerprint density at radius 3 is 2.93 bits per heavy atom. The summed E-state index contributed by atoms with van der Waals surface area (Å²) in [5, 5.41) is 19.6. The van der Waals surface area contributed by atoms with Crippen LogP contribution in [0.3, 0.4) is 0 Å². The smallest absolute Gasteiger partial charge is 0.178 e. The Morgan fingerprint density at radius 1 is 1.29 bits per heavy atom. The highest BCUT2D eigenvalue weighted by molar-refractivity contribution is 6.09. The molecule has 1 atom stereocenters. The molecule has 0 saturated carbocycles. The number of carbonyl (C=O) groups is 1. The summed E-state index contributed by atoms with van der Waals surface area (Å²) in [5.74, 6) is 0.390. The van der Waals surface area contributed by atoms with Crippen LogP contribution in [-0.2, 0) is 13.0 Å². The van der Waals surface area contributed by atoms with Crippen molar-refractivity contribution in [2.45, 2.75) is 32.4 Å². The number of nitriles is 1. The van der Waals surface area contributed by atoms with Crippen LogP contribution in [0.25, 0.3) is 10.9 Å². The number of phenolic OH excluding ortho intramolecular Hbond substituents is 1. The fourth-order valence-corrected chi connectivity index (χ4v) is 4.18. The number of aromatic nitrogens is 1. The molecule has 5 heteroatoms. The molecule has 28 heavy (non-hydrogen) atoms. The molecule has 0 bridgehead atoms. The third-order valence-corrected chi connectivity index (χ3v) is 5.69. The van der Waals surface area contributed by atoms with Crippen LogP contribution in [0.2, 0.25) is 0 Å². The Balaban J connectivity index is 1.59. The second-order valence-electron chi connectivity index (χ2n) is 7.36. The fraction of sp³-hybridized carbons (Fsp3) is 0.304. The van der Waals surface area contributed by atoms with Gasteiger partial charge in [0.15, 0.2) is 5.78 Å². The van der Waals surface area contributed by atoms with Gasteiger partial charge in [0.05, 0.1) is 19.0 Å². The number of hydrogen-bond donors (Lipinski definition) is 1. The molecule has 0 saturated heterocycles. The van der Waals surface area contributed by atoms with E-state index in [1.807, 2.05) is 47.2 Å². The molecule has 142 valence electrons. The van der Waals surface area contributed by atoms with E-state index >= 15 is 0 Å². The van der Waals surface area contributed by atoms with Crippen molar-refractivity contribution in [2.24, 2.45) is 0 Å². The van der Waals surface area contributed by atoms with Crippen LogP contribution in [0.4, 0.5) is 0 Å². The van der Waals surface area contributed by atoms with E-state index in [2.05, 4.69) is 17.9 Å². The maximum Gasteiger partial charge on any atom is 0.178 e. The molecule has 0 amide bonds. The first-order chi connectivity index (χ1) is 13.6. The molecule has 2 heterocycles. The van der Waals surface area contributed by atoms with Gasteiger partial charge in [-0.25, -0.2) is 0 Å². The van der Waals surface area contributed by atoms with E-state index in [4.69, 9.17) is 5.26 Å². The standard InChI is InChI=1S/C23H23N3O2/c1-16-19-8-7-18(27)13-17(19)9-12-25(16)15-23(28)21-14-26(11-4-10-24)22-6-3-2-5-20(21)22/h2-3,5-8,13-14,16,27H,4,9,11-12,15H2,1H3. The van der Waals surface area contributed by atoms with Crippen LogP contribution in [0.15, 0.2) is 48.7 Å². The molecular weight excluding hydrogens is 350 g/mol. The highest BCUT2D eigenvalue weighted by atomic mass is 16.3. The zero-order valence-corrected chi connectivity index (χ0v) is 15.9.